The lowest BCUT2D eigenvalue weighted by atomic mass is 9.47. The second kappa shape index (κ2) is 5.43. The van der Waals surface area contributed by atoms with Crippen LogP contribution in [0.5, 0.6) is 0 Å². The van der Waals surface area contributed by atoms with Gasteiger partial charge in [-0.15, -0.1) is 11.3 Å². The highest BCUT2D eigenvalue weighted by Gasteiger charge is 2.54. The third-order valence-corrected chi connectivity index (χ3v) is 7.41. The number of rotatable bonds is 3. The van der Waals surface area contributed by atoms with E-state index in [9.17, 15) is 9.59 Å². The Labute approximate surface area is 149 Å². The van der Waals surface area contributed by atoms with Gasteiger partial charge in [-0.1, -0.05) is 49.7 Å². The second-order valence-corrected chi connectivity index (χ2v) is 8.68. The molecular weight excluding hydrogens is 342 g/mol. The SMILES string of the molecule is CC1(C)[C@H]2C=C(NC(=O)c3sc4ccccc4c3Cl)[C@@H](C=O)[C@@H]1C2. The van der Waals surface area contributed by atoms with Crippen molar-refractivity contribution in [3.8, 4) is 0 Å². The van der Waals surface area contributed by atoms with E-state index < -0.39 is 0 Å². The molecule has 1 aromatic heterocycles. The predicted octanol–water partition coefficient (Wildman–Crippen LogP) is 4.66. The number of hydrogen-bond donors (Lipinski definition) is 1. The minimum Gasteiger partial charge on any atom is -0.325 e. The lowest BCUT2D eigenvalue weighted by molar-refractivity contribution is -0.119. The van der Waals surface area contributed by atoms with Gasteiger partial charge in [-0.05, 0) is 29.7 Å². The molecule has 2 aromatic rings. The molecule has 1 N–H and O–H groups in total. The molecule has 1 heterocycles. The summed E-state index contributed by atoms with van der Waals surface area (Å²) in [5, 5.41) is 4.33. The van der Waals surface area contributed by atoms with Gasteiger partial charge in [-0.25, -0.2) is 0 Å². The molecule has 5 heteroatoms. The third kappa shape index (κ3) is 2.16. The van der Waals surface area contributed by atoms with E-state index in [0.717, 1.165) is 28.5 Å². The molecular formula is C19H18ClNO2S. The molecule has 2 bridgehead atoms. The van der Waals surface area contributed by atoms with Gasteiger partial charge in [0.1, 0.15) is 11.2 Å². The molecule has 1 saturated carbocycles. The Balaban J connectivity index is 1.64. The number of carbonyl (C=O) groups excluding carboxylic acids is 2. The zero-order valence-electron chi connectivity index (χ0n) is 13.5. The standard InChI is InChI=1S/C19H18ClNO2S/c1-19(2)10-7-13(19)12(9-22)14(8-10)21-18(23)17-16(20)11-5-3-4-6-15(11)24-17/h3-6,8-10,12-13H,7H2,1-2H3,(H,21,23)/t10-,12+,13+/m1/s1. The first-order valence-corrected chi connectivity index (χ1v) is 9.28. The van der Waals surface area contributed by atoms with Gasteiger partial charge in [0.15, 0.2) is 0 Å². The van der Waals surface area contributed by atoms with Crippen LogP contribution >= 0.6 is 22.9 Å². The van der Waals surface area contributed by atoms with E-state index in [4.69, 9.17) is 11.6 Å². The molecule has 0 radical (unpaired) electrons. The summed E-state index contributed by atoms with van der Waals surface area (Å²) < 4.78 is 0.987. The number of carbonyl (C=O) groups is 2. The third-order valence-electron chi connectivity index (χ3n) is 5.74. The summed E-state index contributed by atoms with van der Waals surface area (Å²) in [7, 11) is 0. The number of fused-ring (bicyclic) bond motifs is 2. The molecule has 1 fully saturated rings. The van der Waals surface area contributed by atoms with E-state index in [2.05, 4.69) is 25.2 Å². The number of hydrogen-bond acceptors (Lipinski definition) is 3. The van der Waals surface area contributed by atoms with Gasteiger partial charge in [0.2, 0.25) is 0 Å². The summed E-state index contributed by atoms with van der Waals surface area (Å²) in [5.74, 6) is 0.269. The monoisotopic (exact) mass is 359 g/mol. The zero-order chi connectivity index (χ0) is 17.1. The topological polar surface area (TPSA) is 46.2 Å². The molecule has 0 saturated heterocycles. The number of aldehydes is 1. The van der Waals surface area contributed by atoms with Gasteiger partial charge < -0.3 is 10.1 Å². The van der Waals surface area contributed by atoms with Crippen molar-refractivity contribution in [2.24, 2.45) is 23.2 Å². The van der Waals surface area contributed by atoms with Crippen LogP contribution in [0, 0.1) is 23.2 Å². The van der Waals surface area contributed by atoms with E-state index >= 15 is 0 Å². The minimum atomic E-state index is -0.234. The summed E-state index contributed by atoms with van der Waals surface area (Å²) in [6.45, 7) is 4.39. The number of nitrogens with one attached hydrogen (secondary N) is 1. The number of halogens is 1. The number of allylic oxidation sites excluding steroid dienone is 2. The predicted molar refractivity (Wildman–Crippen MR) is 97.3 cm³/mol. The van der Waals surface area contributed by atoms with Crippen molar-refractivity contribution < 1.29 is 9.59 Å². The van der Waals surface area contributed by atoms with Crippen LogP contribution in [0.1, 0.15) is 29.9 Å². The maximum Gasteiger partial charge on any atom is 0.267 e. The Hall–Kier alpha value is -1.65. The summed E-state index contributed by atoms with van der Waals surface area (Å²) in [4.78, 5) is 24.8. The van der Waals surface area contributed by atoms with E-state index in [0.29, 0.717) is 21.7 Å². The lowest BCUT2D eigenvalue weighted by Gasteiger charge is -2.57. The molecule has 0 aliphatic heterocycles. The van der Waals surface area contributed by atoms with Gasteiger partial charge in [-0.2, -0.15) is 0 Å². The molecule has 0 unspecified atom stereocenters. The van der Waals surface area contributed by atoms with Crippen molar-refractivity contribution in [3.05, 3.63) is 45.9 Å². The average molecular weight is 360 g/mol. The van der Waals surface area contributed by atoms with Gasteiger partial charge in [0.25, 0.3) is 5.91 Å². The first-order valence-electron chi connectivity index (χ1n) is 8.09. The Morgan fingerprint density at radius 1 is 1.38 bits per heavy atom. The maximum atomic E-state index is 12.7. The Bertz CT molecular complexity index is 883. The molecule has 1 amide bonds. The lowest BCUT2D eigenvalue weighted by Crippen LogP contribution is -2.54. The Morgan fingerprint density at radius 3 is 2.79 bits per heavy atom. The van der Waals surface area contributed by atoms with Crippen molar-refractivity contribution in [1.29, 1.82) is 0 Å². The molecule has 0 spiro atoms. The molecule has 3 atom stereocenters. The smallest absolute Gasteiger partial charge is 0.267 e. The van der Waals surface area contributed by atoms with E-state index in [1.807, 2.05) is 24.3 Å². The van der Waals surface area contributed by atoms with Crippen LogP contribution < -0.4 is 5.32 Å². The van der Waals surface area contributed by atoms with Crippen molar-refractivity contribution in [1.82, 2.24) is 5.32 Å². The zero-order valence-corrected chi connectivity index (χ0v) is 15.1. The quantitative estimate of drug-likeness (QED) is 0.810. The summed E-state index contributed by atoms with van der Waals surface area (Å²) >= 11 is 7.76. The van der Waals surface area contributed by atoms with Crippen molar-refractivity contribution in [2.45, 2.75) is 20.3 Å². The highest BCUT2D eigenvalue weighted by molar-refractivity contribution is 7.21. The first kappa shape index (κ1) is 15.9. The number of thiophene rings is 1. The fourth-order valence-corrected chi connectivity index (χ4v) is 5.49. The molecule has 1 aromatic carbocycles. The van der Waals surface area contributed by atoms with Crippen LogP contribution in [0.4, 0.5) is 0 Å². The van der Waals surface area contributed by atoms with E-state index in [1.54, 1.807) is 0 Å². The normalized spacial score (nSPS) is 27.3. The van der Waals surface area contributed by atoms with E-state index in [1.165, 1.54) is 11.3 Å². The molecule has 3 nitrogen and oxygen atoms in total. The summed E-state index contributed by atoms with van der Waals surface area (Å²) in [5.41, 5.74) is 0.874. The number of amides is 1. The molecule has 3 aliphatic carbocycles. The Morgan fingerprint density at radius 2 is 2.12 bits per heavy atom. The van der Waals surface area contributed by atoms with E-state index in [-0.39, 0.29) is 17.2 Å². The van der Waals surface area contributed by atoms with Crippen molar-refractivity contribution >= 4 is 45.2 Å². The van der Waals surface area contributed by atoms with Crippen LogP contribution in [0.2, 0.25) is 5.02 Å². The highest BCUT2D eigenvalue weighted by Crippen LogP contribution is 2.59. The first-order chi connectivity index (χ1) is 11.4. The molecule has 5 rings (SSSR count). The number of benzene rings is 1. The second-order valence-electron chi connectivity index (χ2n) is 7.25. The van der Waals surface area contributed by atoms with Crippen molar-refractivity contribution in [3.63, 3.8) is 0 Å². The fourth-order valence-electron chi connectivity index (χ4n) is 4.07. The van der Waals surface area contributed by atoms with Crippen LogP contribution in [-0.4, -0.2) is 12.2 Å². The van der Waals surface area contributed by atoms with Crippen LogP contribution in [0.25, 0.3) is 10.1 Å². The minimum absolute atomic E-state index is 0.134. The van der Waals surface area contributed by atoms with Gasteiger partial charge >= 0.3 is 0 Å². The largest absolute Gasteiger partial charge is 0.325 e. The fraction of sp³-hybridized carbons (Fsp3) is 0.368. The maximum absolute atomic E-state index is 12.7. The van der Waals surface area contributed by atoms with Crippen LogP contribution in [-0.2, 0) is 4.79 Å². The summed E-state index contributed by atoms with van der Waals surface area (Å²) in [6.07, 6.45) is 4.07. The van der Waals surface area contributed by atoms with Crippen molar-refractivity contribution in [2.75, 3.05) is 0 Å². The molecule has 24 heavy (non-hydrogen) atoms. The Kier molecular flexibility index (Phi) is 3.59. The van der Waals surface area contributed by atoms with Gasteiger partial charge in [0.05, 0.1) is 10.9 Å². The van der Waals surface area contributed by atoms with Crippen LogP contribution in [0.15, 0.2) is 36.0 Å². The summed E-state index contributed by atoms with van der Waals surface area (Å²) in [6, 6.07) is 7.70. The van der Waals surface area contributed by atoms with Gasteiger partial charge in [-0.3, -0.25) is 4.79 Å². The molecule has 3 aliphatic rings. The van der Waals surface area contributed by atoms with Gasteiger partial charge in [0, 0.05) is 15.8 Å². The molecule has 124 valence electrons. The van der Waals surface area contributed by atoms with Crippen LogP contribution in [0.3, 0.4) is 0 Å². The highest BCUT2D eigenvalue weighted by atomic mass is 35.5. The average Bonchev–Trinajstić information content (AvgIpc) is 2.92.